The van der Waals surface area contributed by atoms with E-state index in [1.165, 1.54) is 16.7 Å². The normalized spacial score (nSPS) is 21.1. The number of thioether (sulfide) groups is 1. The summed E-state index contributed by atoms with van der Waals surface area (Å²) in [6.45, 7) is 3.06. The van der Waals surface area contributed by atoms with Crippen LogP contribution in [0.2, 0.25) is 0 Å². The number of piperidine rings is 1. The van der Waals surface area contributed by atoms with Crippen LogP contribution in [0.25, 0.3) is 11.3 Å². The van der Waals surface area contributed by atoms with Crippen LogP contribution >= 0.6 is 11.8 Å². The van der Waals surface area contributed by atoms with Gasteiger partial charge in [0.25, 0.3) is 0 Å². The van der Waals surface area contributed by atoms with E-state index in [0.717, 1.165) is 55.9 Å². The van der Waals surface area contributed by atoms with Gasteiger partial charge in [-0.05, 0) is 79.2 Å². The minimum absolute atomic E-state index is 0.156. The highest BCUT2D eigenvalue weighted by molar-refractivity contribution is 7.98. The smallest absolute Gasteiger partial charge is 0.409 e. The molecule has 40 heavy (non-hydrogen) atoms. The molecule has 3 N–H and O–H groups in total. The number of amides is 1. The molecule has 2 fully saturated rings. The summed E-state index contributed by atoms with van der Waals surface area (Å²) < 4.78 is 25.5. The van der Waals surface area contributed by atoms with Crippen molar-refractivity contribution in [2.75, 3.05) is 37.5 Å². The second kappa shape index (κ2) is 12.3. The average molecular weight is 584 g/mol. The first-order chi connectivity index (χ1) is 19.2. The van der Waals surface area contributed by atoms with Crippen molar-refractivity contribution in [3.05, 3.63) is 66.1 Å². The summed E-state index contributed by atoms with van der Waals surface area (Å²) >= 11 is 1.74. The van der Waals surface area contributed by atoms with Crippen LogP contribution < -0.4 is 5.32 Å². The van der Waals surface area contributed by atoms with Gasteiger partial charge in [-0.15, -0.1) is 11.8 Å². The van der Waals surface area contributed by atoms with E-state index in [0.29, 0.717) is 30.6 Å². The Labute approximate surface area is 240 Å². The van der Waals surface area contributed by atoms with Crippen molar-refractivity contribution in [1.29, 1.82) is 0 Å². The number of rotatable bonds is 9. The fourth-order valence-electron chi connectivity index (χ4n) is 6.05. The maximum atomic E-state index is 11.9. The molecule has 0 radical (unpaired) electrons. The zero-order valence-corrected chi connectivity index (χ0v) is 24.5. The number of sulfonamides is 1. The van der Waals surface area contributed by atoms with Gasteiger partial charge in [0.15, 0.2) is 0 Å². The van der Waals surface area contributed by atoms with Gasteiger partial charge in [0.2, 0.25) is 10.0 Å². The summed E-state index contributed by atoms with van der Waals surface area (Å²) in [6, 6.07) is 16.2. The Balaban J connectivity index is 1.30. The van der Waals surface area contributed by atoms with E-state index in [1.807, 2.05) is 18.3 Å². The molecule has 1 aromatic heterocycles. The summed E-state index contributed by atoms with van der Waals surface area (Å²) in [5.41, 5.74) is 3.65. The zero-order chi connectivity index (χ0) is 28.3. The lowest BCUT2D eigenvalue weighted by Gasteiger charge is -2.31. The minimum atomic E-state index is -3.12. The van der Waals surface area contributed by atoms with Crippen LogP contribution in [0.5, 0.6) is 0 Å². The van der Waals surface area contributed by atoms with Crippen molar-refractivity contribution in [1.82, 2.24) is 19.2 Å². The number of nitrogens with one attached hydrogen (secondary N) is 2. The third-order valence-electron chi connectivity index (χ3n) is 8.10. The molecule has 9 nitrogen and oxygen atoms in total. The first-order valence-electron chi connectivity index (χ1n) is 13.7. The summed E-state index contributed by atoms with van der Waals surface area (Å²) in [7, 11) is -3.12. The Bertz CT molecular complexity index is 1400. The predicted octanol–water partition coefficient (Wildman–Crippen LogP) is 5.51. The van der Waals surface area contributed by atoms with Gasteiger partial charge in [0.1, 0.15) is 5.82 Å². The number of carboxylic acid groups (broad SMARTS) is 1. The lowest BCUT2D eigenvalue weighted by molar-refractivity contribution is 0.209. The van der Waals surface area contributed by atoms with Gasteiger partial charge < -0.3 is 10.1 Å². The van der Waals surface area contributed by atoms with Crippen molar-refractivity contribution in [2.45, 2.75) is 43.2 Å². The van der Waals surface area contributed by atoms with Crippen molar-refractivity contribution in [3.8, 4) is 11.3 Å². The highest BCUT2D eigenvalue weighted by atomic mass is 32.2. The van der Waals surface area contributed by atoms with Crippen molar-refractivity contribution in [3.63, 3.8) is 0 Å². The summed E-state index contributed by atoms with van der Waals surface area (Å²) in [6.07, 6.45) is 8.10. The molecular formula is C29H37N5O4S2. The molecular weight excluding hydrogens is 546 g/mol. The zero-order valence-electron chi connectivity index (χ0n) is 22.9. The number of carbonyl (C=O) groups is 1. The molecule has 3 aromatic rings. The molecule has 3 heterocycles. The Morgan fingerprint density at radius 2 is 1.80 bits per heavy atom. The first kappa shape index (κ1) is 28.7. The molecule has 0 aliphatic carbocycles. The molecule has 2 atom stereocenters. The number of hydrogen-bond acceptors (Lipinski definition) is 6. The number of aromatic nitrogens is 2. The maximum Gasteiger partial charge on any atom is 0.409 e. The highest BCUT2D eigenvalue weighted by Gasteiger charge is 2.37. The van der Waals surface area contributed by atoms with Gasteiger partial charge in [-0.2, -0.15) is 0 Å². The van der Waals surface area contributed by atoms with Gasteiger partial charge >= 0.3 is 6.09 Å². The number of anilines is 1. The first-order valence-corrected chi connectivity index (χ1v) is 16.7. The van der Waals surface area contributed by atoms with Crippen molar-refractivity contribution < 1.29 is 18.3 Å². The van der Waals surface area contributed by atoms with Crippen LogP contribution in [-0.4, -0.2) is 70.9 Å². The second-order valence-corrected chi connectivity index (χ2v) is 13.8. The molecule has 0 unspecified atom stereocenters. The standard InChI is InChI=1S/C29H37N5O4S2/c1-39-25-9-3-21(4-10-25)18-33-19-22(15-20-11-13-34(14-12-20)40(2,37)38)16-27(33)28-30-17-26(32-28)23-5-7-24(8-6-23)31-29(35)36/h3-10,17,20,22,27,31H,11-16,18-19H2,1-2H3,(H,30,32)(H,35,36)/t22-,27+/m1/s1. The molecule has 2 aliphatic rings. The molecule has 2 aliphatic heterocycles. The van der Waals surface area contributed by atoms with Crippen LogP contribution in [0, 0.1) is 11.8 Å². The van der Waals surface area contributed by atoms with Crippen LogP contribution in [0.3, 0.4) is 0 Å². The number of hydrogen-bond donors (Lipinski definition) is 3. The van der Waals surface area contributed by atoms with E-state index in [2.05, 4.69) is 45.7 Å². The topological polar surface area (TPSA) is 119 Å². The van der Waals surface area contributed by atoms with Crippen molar-refractivity contribution >= 4 is 33.6 Å². The Morgan fingerprint density at radius 3 is 2.42 bits per heavy atom. The largest absolute Gasteiger partial charge is 0.465 e. The lowest BCUT2D eigenvalue weighted by Crippen LogP contribution is -2.38. The monoisotopic (exact) mass is 583 g/mol. The minimum Gasteiger partial charge on any atom is -0.465 e. The van der Waals surface area contributed by atoms with Gasteiger partial charge in [-0.1, -0.05) is 24.3 Å². The summed E-state index contributed by atoms with van der Waals surface area (Å²) in [5.74, 6) is 1.99. The van der Waals surface area contributed by atoms with Crippen LogP contribution in [0.15, 0.2) is 59.6 Å². The van der Waals surface area contributed by atoms with Gasteiger partial charge in [0, 0.05) is 36.8 Å². The average Bonchev–Trinajstić information content (AvgIpc) is 3.56. The fourth-order valence-corrected chi connectivity index (χ4v) is 7.33. The van der Waals surface area contributed by atoms with E-state index in [1.54, 1.807) is 28.2 Å². The Kier molecular flexibility index (Phi) is 8.84. The van der Waals surface area contributed by atoms with E-state index >= 15 is 0 Å². The fraction of sp³-hybridized carbons (Fsp3) is 0.448. The third-order valence-corrected chi connectivity index (χ3v) is 10.1. The lowest BCUT2D eigenvalue weighted by atomic mass is 9.86. The van der Waals surface area contributed by atoms with E-state index in [4.69, 9.17) is 10.1 Å². The number of likely N-dealkylation sites (tertiary alicyclic amines) is 1. The molecule has 214 valence electrons. The number of aromatic amines is 1. The van der Waals surface area contributed by atoms with E-state index < -0.39 is 16.1 Å². The number of nitrogens with zero attached hydrogens (tertiary/aromatic N) is 3. The van der Waals surface area contributed by atoms with Gasteiger partial charge in [-0.3, -0.25) is 10.2 Å². The Hall–Kier alpha value is -2.86. The second-order valence-electron chi connectivity index (χ2n) is 10.9. The Morgan fingerprint density at radius 1 is 1.10 bits per heavy atom. The molecule has 0 bridgehead atoms. The third kappa shape index (κ3) is 7.06. The molecule has 0 spiro atoms. The van der Waals surface area contributed by atoms with E-state index in [-0.39, 0.29) is 6.04 Å². The molecule has 1 amide bonds. The maximum absolute atomic E-state index is 11.9. The van der Waals surface area contributed by atoms with Crippen LogP contribution in [0.1, 0.15) is 43.1 Å². The SMILES string of the molecule is CSc1ccc(CN2C[C@H](CC3CCN(S(C)(=O)=O)CC3)C[C@H]2c2ncc(-c3ccc(NC(=O)O)cc3)[nH]2)cc1. The van der Waals surface area contributed by atoms with E-state index in [9.17, 15) is 13.2 Å². The summed E-state index contributed by atoms with van der Waals surface area (Å²) in [5, 5.41) is 11.3. The van der Waals surface area contributed by atoms with Crippen LogP contribution in [0.4, 0.5) is 10.5 Å². The summed E-state index contributed by atoms with van der Waals surface area (Å²) in [4.78, 5) is 23.0. The van der Waals surface area contributed by atoms with Gasteiger partial charge in [0.05, 0.1) is 24.2 Å². The molecule has 5 rings (SSSR count). The molecule has 11 heteroatoms. The predicted molar refractivity (Wildman–Crippen MR) is 159 cm³/mol. The number of benzene rings is 2. The number of imidazole rings is 1. The quantitative estimate of drug-likeness (QED) is 0.284. The van der Waals surface area contributed by atoms with Gasteiger partial charge in [-0.25, -0.2) is 22.5 Å². The highest BCUT2D eigenvalue weighted by Crippen LogP contribution is 2.40. The van der Waals surface area contributed by atoms with Crippen LogP contribution in [-0.2, 0) is 16.6 Å². The molecule has 0 saturated carbocycles. The molecule has 2 saturated heterocycles. The molecule has 2 aromatic carbocycles. The number of H-pyrrole nitrogens is 1. The van der Waals surface area contributed by atoms with Crippen molar-refractivity contribution in [2.24, 2.45) is 11.8 Å².